The second kappa shape index (κ2) is 6.79. The molecule has 0 fully saturated rings. The number of rotatable bonds is 5. The zero-order chi connectivity index (χ0) is 15.4. The van der Waals surface area contributed by atoms with E-state index in [1.54, 1.807) is 13.2 Å². The lowest BCUT2D eigenvalue weighted by atomic mass is 10.0. The molecule has 3 nitrogen and oxygen atoms in total. The Morgan fingerprint density at radius 2 is 2.09 bits per heavy atom. The summed E-state index contributed by atoms with van der Waals surface area (Å²) in [6.45, 7) is 1.33. The second-order valence-electron chi connectivity index (χ2n) is 5.46. The molecule has 4 heteroatoms. The van der Waals surface area contributed by atoms with Crippen LogP contribution in [0.15, 0.2) is 42.5 Å². The molecule has 0 saturated carbocycles. The first-order valence-electron chi connectivity index (χ1n) is 7.53. The quantitative estimate of drug-likeness (QED) is 0.921. The number of nitrogens with one attached hydrogen (secondary N) is 1. The molecule has 2 aromatic rings. The minimum atomic E-state index is -0.140. The van der Waals surface area contributed by atoms with Crippen molar-refractivity contribution in [3.63, 3.8) is 0 Å². The molecular weight excluding hydrogens is 281 g/mol. The average Bonchev–Trinajstić information content (AvgIpc) is 2.56. The molecule has 22 heavy (non-hydrogen) atoms. The van der Waals surface area contributed by atoms with Gasteiger partial charge in [0.1, 0.15) is 12.4 Å². The molecule has 1 atom stereocenters. The standard InChI is InChI=1S/C18H20FNO2/c1-21-17-8-4-6-14-11-15(12-22-18(14)17)20-10-9-13-5-2-3-7-16(13)19/h2-8,15,20H,9-12H2,1H3. The van der Waals surface area contributed by atoms with Crippen LogP contribution in [0.4, 0.5) is 4.39 Å². The van der Waals surface area contributed by atoms with E-state index >= 15 is 0 Å². The van der Waals surface area contributed by atoms with E-state index in [1.165, 1.54) is 6.07 Å². The third-order valence-electron chi connectivity index (χ3n) is 3.96. The molecule has 0 radical (unpaired) electrons. The molecule has 0 spiro atoms. The Hall–Kier alpha value is -2.07. The highest BCUT2D eigenvalue weighted by atomic mass is 19.1. The molecule has 0 amide bonds. The number of para-hydroxylation sites is 1. The largest absolute Gasteiger partial charge is 0.493 e. The molecule has 0 saturated heterocycles. The van der Waals surface area contributed by atoms with Crippen molar-refractivity contribution >= 4 is 0 Å². The summed E-state index contributed by atoms with van der Waals surface area (Å²) in [6.07, 6.45) is 1.57. The summed E-state index contributed by atoms with van der Waals surface area (Å²) in [4.78, 5) is 0. The minimum Gasteiger partial charge on any atom is -0.493 e. The second-order valence-corrected chi connectivity index (χ2v) is 5.46. The number of halogens is 1. The zero-order valence-electron chi connectivity index (χ0n) is 12.6. The molecule has 116 valence electrons. The van der Waals surface area contributed by atoms with Gasteiger partial charge in [0.15, 0.2) is 11.5 Å². The highest BCUT2D eigenvalue weighted by Gasteiger charge is 2.22. The Kier molecular flexibility index (Phi) is 4.59. The molecule has 1 aliphatic rings. The summed E-state index contributed by atoms with van der Waals surface area (Å²) in [7, 11) is 1.65. The number of methoxy groups -OCH3 is 1. The topological polar surface area (TPSA) is 30.5 Å². The number of hydrogen-bond acceptors (Lipinski definition) is 3. The van der Waals surface area contributed by atoms with Crippen molar-refractivity contribution < 1.29 is 13.9 Å². The van der Waals surface area contributed by atoms with Crippen LogP contribution in [0.2, 0.25) is 0 Å². The first kappa shape index (κ1) is 14.9. The lowest BCUT2D eigenvalue weighted by molar-refractivity contribution is 0.228. The Bertz CT molecular complexity index is 645. The molecule has 1 unspecified atom stereocenters. The fourth-order valence-corrected chi connectivity index (χ4v) is 2.80. The van der Waals surface area contributed by atoms with Gasteiger partial charge >= 0.3 is 0 Å². The summed E-state index contributed by atoms with van der Waals surface area (Å²) in [6, 6.07) is 13.1. The average molecular weight is 301 g/mol. The van der Waals surface area contributed by atoms with Crippen LogP contribution < -0.4 is 14.8 Å². The van der Waals surface area contributed by atoms with Crippen LogP contribution in [0.3, 0.4) is 0 Å². The third kappa shape index (κ3) is 3.22. The normalized spacial score (nSPS) is 16.7. The number of benzene rings is 2. The van der Waals surface area contributed by atoms with Crippen molar-refractivity contribution in [1.82, 2.24) is 5.32 Å². The van der Waals surface area contributed by atoms with E-state index in [0.717, 1.165) is 35.6 Å². The first-order valence-corrected chi connectivity index (χ1v) is 7.53. The van der Waals surface area contributed by atoms with Gasteiger partial charge in [0.25, 0.3) is 0 Å². The Morgan fingerprint density at radius 1 is 1.23 bits per heavy atom. The maximum Gasteiger partial charge on any atom is 0.164 e. The van der Waals surface area contributed by atoms with Crippen LogP contribution in [-0.2, 0) is 12.8 Å². The van der Waals surface area contributed by atoms with Gasteiger partial charge in [0, 0.05) is 6.04 Å². The molecular formula is C18H20FNO2. The SMILES string of the molecule is COc1cccc2c1OCC(NCCc1ccccc1F)C2. The van der Waals surface area contributed by atoms with E-state index in [2.05, 4.69) is 11.4 Å². The molecule has 1 N–H and O–H groups in total. The number of ether oxygens (including phenoxy) is 2. The van der Waals surface area contributed by atoms with E-state index in [-0.39, 0.29) is 11.9 Å². The van der Waals surface area contributed by atoms with Gasteiger partial charge in [-0.2, -0.15) is 0 Å². The minimum absolute atomic E-state index is 0.140. The van der Waals surface area contributed by atoms with Crippen molar-refractivity contribution in [1.29, 1.82) is 0 Å². The van der Waals surface area contributed by atoms with E-state index < -0.39 is 0 Å². The van der Waals surface area contributed by atoms with Crippen LogP contribution in [0.1, 0.15) is 11.1 Å². The van der Waals surface area contributed by atoms with Crippen molar-refractivity contribution in [2.24, 2.45) is 0 Å². The van der Waals surface area contributed by atoms with Crippen LogP contribution >= 0.6 is 0 Å². The molecule has 0 aliphatic carbocycles. The third-order valence-corrected chi connectivity index (χ3v) is 3.96. The Morgan fingerprint density at radius 3 is 2.91 bits per heavy atom. The molecule has 0 bridgehead atoms. The van der Waals surface area contributed by atoms with E-state index in [0.29, 0.717) is 13.0 Å². The predicted molar refractivity (Wildman–Crippen MR) is 84.1 cm³/mol. The molecule has 1 aliphatic heterocycles. The van der Waals surface area contributed by atoms with Crippen LogP contribution in [0, 0.1) is 5.82 Å². The van der Waals surface area contributed by atoms with Crippen LogP contribution in [0.25, 0.3) is 0 Å². The number of fused-ring (bicyclic) bond motifs is 1. The summed E-state index contributed by atoms with van der Waals surface area (Å²) >= 11 is 0. The highest BCUT2D eigenvalue weighted by molar-refractivity contribution is 5.48. The summed E-state index contributed by atoms with van der Waals surface area (Å²) in [5, 5.41) is 3.44. The van der Waals surface area contributed by atoms with Gasteiger partial charge in [0.05, 0.1) is 7.11 Å². The Balaban J connectivity index is 1.56. The van der Waals surface area contributed by atoms with Crippen LogP contribution in [0.5, 0.6) is 11.5 Å². The van der Waals surface area contributed by atoms with Crippen molar-refractivity contribution in [2.75, 3.05) is 20.3 Å². The summed E-state index contributed by atoms with van der Waals surface area (Å²) in [5.74, 6) is 1.48. The lowest BCUT2D eigenvalue weighted by Gasteiger charge is -2.27. The first-order chi connectivity index (χ1) is 10.8. The molecule has 0 aromatic heterocycles. The molecule has 3 rings (SSSR count). The zero-order valence-corrected chi connectivity index (χ0v) is 12.6. The fraction of sp³-hybridized carbons (Fsp3) is 0.333. The summed E-state index contributed by atoms with van der Waals surface area (Å²) in [5.41, 5.74) is 1.89. The van der Waals surface area contributed by atoms with Crippen molar-refractivity contribution in [3.8, 4) is 11.5 Å². The van der Waals surface area contributed by atoms with Gasteiger partial charge in [-0.3, -0.25) is 0 Å². The van der Waals surface area contributed by atoms with E-state index in [9.17, 15) is 4.39 Å². The van der Waals surface area contributed by atoms with Gasteiger partial charge in [-0.15, -0.1) is 0 Å². The van der Waals surface area contributed by atoms with E-state index in [4.69, 9.17) is 9.47 Å². The predicted octanol–water partition coefficient (Wildman–Crippen LogP) is 2.97. The van der Waals surface area contributed by atoms with Gasteiger partial charge in [0.2, 0.25) is 0 Å². The van der Waals surface area contributed by atoms with Crippen molar-refractivity contribution in [2.45, 2.75) is 18.9 Å². The number of hydrogen-bond donors (Lipinski definition) is 1. The molecule has 1 heterocycles. The van der Waals surface area contributed by atoms with Gasteiger partial charge < -0.3 is 14.8 Å². The maximum atomic E-state index is 13.6. The smallest absolute Gasteiger partial charge is 0.164 e. The van der Waals surface area contributed by atoms with Gasteiger partial charge in [-0.1, -0.05) is 30.3 Å². The lowest BCUT2D eigenvalue weighted by Crippen LogP contribution is -2.40. The highest BCUT2D eigenvalue weighted by Crippen LogP contribution is 2.34. The summed E-state index contributed by atoms with van der Waals surface area (Å²) < 4.78 is 24.7. The van der Waals surface area contributed by atoms with E-state index in [1.807, 2.05) is 24.3 Å². The van der Waals surface area contributed by atoms with Gasteiger partial charge in [-0.25, -0.2) is 4.39 Å². The van der Waals surface area contributed by atoms with Crippen molar-refractivity contribution in [3.05, 3.63) is 59.4 Å². The fourth-order valence-electron chi connectivity index (χ4n) is 2.80. The monoisotopic (exact) mass is 301 g/mol. The Labute approximate surface area is 130 Å². The molecule has 2 aromatic carbocycles. The van der Waals surface area contributed by atoms with Gasteiger partial charge in [-0.05, 0) is 42.6 Å². The maximum absolute atomic E-state index is 13.6. The van der Waals surface area contributed by atoms with Crippen LogP contribution in [-0.4, -0.2) is 26.3 Å².